The molecule has 2 heterocycles. The van der Waals surface area contributed by atoms with Gasteiger partial charge in [-0.05, 0) is 49.5 Å². The van der Waals surface area contributed by atoms with Gasteiger partial charge in [0.05, 0.1) is 17.4 Å². The van der Waals surface area contributed by atoms with E-state index in [-0.39, 0.29) is 30.7 Å². The van der Waals surface area contributed by atoms with Crippen molar-refractivity contribution < 1.29 is 4.79 Å². The van der Waals surface area contributed by atoms with Gasteiger partial charge in [-0.3, -0.25) is 4.79 Å². The summed E-state index contributed by atoms with van der Waals surface area (Å²) in [5, 5.41) is 6.33. The number of nitrogens with one attached hydrogen (secondary N) is 3. The molecular weight excluding hydrogens is 323 g/mol. The fourth-order valence-corrected chi connectivity index (χ4v) is 2.71. The molecule has 0 radical (unpaired) electrons. The first-order valence-corrected chi connectivity index (χ1v) is 7.21. The van der Waals surface area contributed by atoms with Crippen molar-refractivity contribution in [3.8, 4) is 0 Å². The monoisotopic (exact) mass is 344 g/mol. The van der Waals surface area contributed by atoms with Crippen LogP contribution in [-0.4, -0.2) is 29.0 Å². The number of fused-ring (bicyclic) bond motifs is 1. The Balaban J connectivity index is 0.00000121. The Bertz CT molecular complexity index is 596. The van der Waals surface area contributed by atoms with Crippen LogP contribution in [0.2, 0.25) is 0 Å². The van der Waals surface area contributed by atoms with E-state index < -0.39 is 0 Å². The van der Waals surface area contributed by atoms with Gasteiger partial charge >= 0.3 is 0 Å². The number of carbonyl (C=O) groups is 1. The molecule has 1 saturated heterocycles. The Morgan fingerprint density at radius 3 is 2.82 bits per heavy atom. The van der Waals surface area contributed by atoms with E-state index in [0.29, 0.717) is 18.9 Å². The fraction of sp³-hybridized carbons (Fsp3) is 0.467. The number of hydrogen-bond acceptors (Lipinski definition) is 3. The van der Waals surface area contributed by atoms with Crippen molar-refractivity contribution >= 4 is 41.8 Å². The number of aromatic amines is 1. The predicted molar refractivity (Wildman–Crippen MR) is 92.6 cm³/mol. The van der Waals surface area contributed by atoms with Crippen LogP contribution in [0.1, 0.15) is 24.8 Å². The minimum absolute atomic E-state index is 0. The molecule has 1 aliphatic rings. The summed E-state index contributed by atoms with van der Waals surface area (Å²) in [4.78, 5) is 19.2. The number of benzene rings is 1. The van der Waals surface area contributed by atoms with Gasteiger partial charge in [-0.1, -0.05) is 6.07 Å². The van der Waals surface area contributed by atoms with Gasteiger partial charge in [0.15, 0.2) is 0 Å². The molecule has 5 nitrogen and oxygen atoms in total. The molecule has 3 rings (SSSR count). The Kier molecular flexibility index (Phi) is 7.65. The van der Waals surface area contributed by atoms with Crippen molar-refractivity contribution in [3.63, 3.8) is 0 Å². The summed E-state index contributed by atoms with van der Waals surface area (Å²) in [7, 11) is 0. The minimum Gasteiger partial charge on any atom is -0.352 e. The van der Waals surface area contributed by atoms with Gasteiger partial charge in [0.1, 0.15) is 0 Å². The molecule has 2 aromatic rings. The van der Waals surface area contributed by atoms with Gasteiger partial charge in [-0.25, -0.2) is 4.98 Å². The summed E-state index contributed by atoms with van der Waals surface area (Å²) >= 11 is 0. The number of imidazole rings is 1. The highest BCUT2D eigenvalue weighted by molar-refractivity contribution is 5.85. The van der Waals surface area contributed by atoms with Crippen LogP contribution in [-0.2, 0) is 11.3 Å². The van der Waals surface area contributed by atoms with E-state index in [1.807, 2.05) is 18.2 Å². The number of piperidine rings is 1. The average Bonchev–Trinajstić information content (AvgIpc) is 2.93. The van der Waals surface area contributed by atoms with Crippen LogP contribution in [0.4, 0.5) is 0 Å². The molecule has 3 N–H and O–H groups in total. The fourth-order valence-electron chi connectivity index (χ4n) is 2.71. The molecule has 0 bridgehead atoms. The van der Waals surface area contributed by atoms with Gasteiger partial charge in [-0.2, -0.15) is 0 Å². The largest absolute Gasteiger partial charge is 0.352 e. The normalized spacial score (nSPS) is 14.9. The van der Waals surface area contributed by atoms with E-state index in [4.69, 9.17) is 0 Å². The maximum Gasteiger partial charge on any atom is 0.220 e. The molecule has 7 heteroatoms. The zero-order valence-corrected chi connectivity index (χ0v) is 13.9. The average molecular weight is 345 g/mol. The van der Waals surface area contributed by atoms with Crippen molar-refractivity contribution in [1.29, 1.82) is 0 Å². The van der Waals surface area contributed by atoms with Gasteiger partial charge in [-0.15, -0.1) is 24.8 Å². The second-order valence-electron chi connectivity index (χ2n) is 5.43. The number of halogens is 2. The van der Waals surface area contributed by atoms with Crippen LogP contribution in [0, 0.1) is 5.92 Å². The number of rotatable bonds is 4. The van der Waals surface area contributed by atoms with Crippen molar-refractivity contribution in [3.05, 3.63) is 30.1 Å². The molecule has 1 aliphatic heterocycles. The van der Waals surface area contributed by atoms with Crippen molar-refractivity contribution in [2.45, 2.75) is 25.8 Å². The molecule has 0 spiro atoms. The Hall–Kier alpha value is -1.30. The van der Waals surface area contributed by atoms with E-state index in [9.17, 15) is 4.79 Å². The van der Waals surface area contributed by atoms with Gasteiger partial charge in [0.25, 0.3) is 0 Å². The number of nitrogens with zero attached hydrogens (tertiary/aromatic N) is 1. The molecular formula is C15H22Cl2N4O. The van der Waals surface area contributed by atoms with Crippen LogP contribution in [0.15, 0.2) is 24.5 Å². The SMILES string of the molecule is Cl.Cl.O=C(CC1CCNCC1)NCc1ccc2nc[nH]c2c1. The third kappa shape index (κ3) is 4.87. The molecule has 0 saturated carbocycles. The van der Waals surface area contributed by atoms with Crippen LogP contribution in [0.25, 0.3) is 11.0 Å². The first-order valence-electron chi connectivity index (χ1n) is 7.21. The summed E-state index contributed by atoms with van der Waals surface area (Å²) in [6.45, 7) is 2.65. The first kappa shape index (κ1) is 18.7. The van der Waals surface area contributed by atoms with Gasteiger partial charge in [0.2, 0.25) is 5.91 Å². The van der Waals surface area contributed by atoms with Crippen LogP contribution >= 0.6 is 24.8 Å². The topological polar surface area (TPSA) is 69.8 Å². The summed E-state index contributed by atoms with van der Waals surface area (Å²) in [5.41, 5.74) is 3.06. The number of carbonyl (C=O) groups excluding carboxylic acids is 1. The molecule has 1 aromatic heterocycles. The van der Waals surface area contributed by atoms with Gasteiger partial charge < -0.3 is 15.6 Å². The molecule has 0 atom stereocenters. The van der Waals surface area contributed by atoms with Crippen LogP contribution in [0.3, 0.4) is 0 Å². The summed E-state index contributed by atoms with van der Waals surface area (Å²) < 4.78 is 0. The Morgan fingerprint density at radius 2 is 2.05 bits per heavy atom. The third-order valence-electron chi connectivity index (χ3n) is 3.91. The van der Waals surface area contributed by atoms with E-state index in [1.54, 1.807) is 6.33 Å². The highest BCUT2D eigenvalue weighted by atomic mass is 35.5. The molecule has 1 aromatic carbocycles. The Morgan fingerprint density at radius 1 is 1.27 bits per heavy atom. The lowest BCUT2D eigenvalue weighted by atomic mass is 9.94. The molecule has 1 fully saturated rings. The first-order chi connectivity index (χ1) is 9.81. The molecule has 0 unspecified atom stereocenters. The molecule has 1 amide bonds. The molecule has 122 valence electrons. The van der Waals surface area contributed by atoms with Gasteiger partial charge in [0, 0.05) is 13.0 Å². The third-order valence-corrected chi connectivity index (χ3v) is 3.91. The lowest BCUT2D eigenvalue weighted by molar-refractivity contribution is -0.122. The maximum atomic E-state index is 11.9. The highest BCUT2D eigenvalue weighted by Gasteiger charge is 2.16. The standard InChI is InChI=1S/C15H20N4O.2ClH/c20-15(8-11-3-5-16-6-4-11)17-9-12-1-2-13-14(7-12)19-10-18-13;;/h1-2,7,10-11,16H,3-6,8-9H2,(H,17,20)(H,18,19);2*1H. The smallest absolute Gasteiger partial charge is 0.220 e. The summed E-state index contributed by atoms with van der Waals surface area (Å²) in [6.07, 6.45) is 4.54. The molecule has 22 heavy (non-hydrogen) atoms. The van der Waals surface area contributed by atoms with E-state index >= 15 is 0 Å². The highest BCUT2D eigenvalue weighted by Crippen LogP contribution is 2.16. The molecule has 0 aliphatic carbocycles. The van der Waals surface area contributed by atoms with Crippen LogP contribution in [0.5, 0.6) is 0 Å². The number of amides is 1. The number of H-pyrrole nitrogens is 1. The van der Waals surface area contributed by atoms with E-state index in [2.05, 4.69) is 20.6 Å². The lowest BCUT2D eigenvalue weighted by Crippen LogP contribution is -2.32. The zero-order chi connectivity index (χ0) is 13.8. The van der Waals surface area contributed by atoms with Crippen LogP contribution < -0.4 is 10.6 Å². The Labute approximate surface area is 142 Å². The zero-order valence-electron chi connectivity index (χ0n) is 12.3. The van der Waals surface area contributed by atoms with Crippen molar-refractivity contribution in [2.24, 2.45) is 5.92 Å². The predicted octanol–water partition coefficient (Wildman–Crippen LogP) is 2.41. The maximum absolute atomic E-state index is 11.9. The summed E-state index contributed by atoms with van der Waals surface area (Å²) in [6, 6.07) is 6.02. The second kappa shape index (κ2) is 8.98. The summed E-state index contributed by atoms with van der Waals surface area (Å²) in [5.74, 6) is 0.688. The quantitative estimate of drug-likeness (QED) is 0.797. The van der Waals surface area contributed by atoms with E-state index in [0.717, 1.165) is 42.5 Å². The number of aromatic nitrogens is 2. The number of hydrogen-bond donors (Lipinski definition) is 3. The van der Waals surface area contributed by atoms with Crippen molar-refractivity contribution in [2.75, 3.05) is 13.1 Å². The van der Waals surface area contributed by atoms with E-state index in [1.165, 1.54) is 0 Å². The lowest BCUT2D eigenvalue weighted by Gasteiger charge is -2.21. The van der Waals surface area contributed by atoms with Crippen molar-refractivity contribution in [1.82, 2.24) is 20.6 Å². The second-order valence-corrected chi connectivity index (χ2v) is 5.43. The minimum atomic E-state index is 0.